The molecule has 0 radical (unpaired) electrons. The smallest absolute Gasteiger partial charge is 0.0415 e. The van der Waals surface area contributed by atoms with Crippen LogP contribution >= 0.6 is 11.6 Å². The van der Waals surface area contributed by atoms with Gasteiger partial charge in [-0.25, -0.2) is 0 Å². The number of halogens is 1. The minimum atomic E-state index is 0.0883. The topological polar surface area (TPSA) is 51.2 Å². The lowest BCUT2D eigenvalue weighted by atomic mass is 9.81. The number of nitrogens with one attached hydrogen (secondary N) is 3. The molecule has 234 valence electrons. The van der Waals surface area contributed by atoms with Gasteiger partial charge < -0.3 is 20.9 Å². The zero-order chi connectivity index (χ0) is 32.1. The summed E-state index contributed by atoms with van der Waals surface area (Å²) in [6, 6.07) is 16.7. The molecular formula is C39H51ClN4. The van der Waals surface area contributed by atoms with E-state index < -0.39 is 0 Å². The molecule has 0 saturated carbocycles. The summed E-state index contributed by atoms with van der Waals surface area (Å²) in [5.74, 6) is 0.367. The molecule has 2 aromatic carbocycles. The van der Waals surface area contributed by atoms with Crippen molar-refractivity contribution in [3.8, 4) is 0 Å². The van der Waals surface area contributed by atoms with E-state index in [-0.39, 0.29) is 17.9 Å². The van der Waals surface area contributed by atoms with Gasteiger partial charge in [-0.3, -0.25) is 0 Å². The first-order valence-electron chi connectivity index (χ1n) is 15.8. The Hall–Kier alpha value is -3.60. The molecule has 3 unspecified atom stereocenters. The molecule has 2 aromatic rings. The number of allylic oxidation sites excluding steroid dienone is 6. The van der Waals surface area contributed by atoms with Crippen molar-refractivity contribution in [2.24, 2.45) is 11.8 Å². The molecule has 1 aliphatic carbocycles. The second kappa shape index (κ2) is 17.6. The van der Waals surface area contributed by atoms with E-state index in [4.69, 9.17) is 17.0 Å². The Morgan fingerprint density at radius 1 is 1.16 bits per heavy atom. The molecule has 44 heavy (non-hydrogen) atoms. The number of rotatable bonds is 18. The van der Waals surface area contributed by atoms with Crippen LogP contribution in [0.4, 0.5) is 5.69 Å². The lowest BCUT2D eigenvalue weighted by Gasteiger charge is -2.38. The van der Waals surface area contributed by atoms with E-state index in [1.165, 1.54) is 11.1 Å². The molecule has 0 fully saturated rings. The van der Waals surface area contributed by atoms with Gasteiger partial charge in [0.05, 0.1) is 0 Å². The average Bonchev–Trinajstić information content (AvgIpc) is 3.05. The van der Waals surface area contributed by atoms with Crippen LogP contribution in [0, 0.1) is 17.2 Å². The molecule has 0 bridgehead atoms. The minimum absolute atomic E-state index is 0.0883. The highest BCUT2D eigenvalue weighted by molar-refractivity contribution is 6.30. The fraction of sp³-hybridized carbons (Fsp3) is 0.359. The van der Waals surface area contributed by atoms with Crippen LogP contribution in [0.15, 0.2) is 115 Å². The standard InChI is InChI=1S/C39H51ClN4/c1-8-22-43-27-33(26-41)31-16-18-32(19-17-31)39(44(7)29(5)9-2)23-28(4)35(10-3)36(24-30-14-12-11-13-15-30)37-25-34(40)20-21-38(37)42-6/h10-18,20-21,25-26,32-33,39,41-43H,3-5,8-9,19,22-24,27H2,1-2,6-7H3/b36-35+,41-26?. The van der Waals surface area contributed by atoms with Crippen LogP contribution < -0.4 is 10.6 Å². The van der Waals surface area contributed by atoms with Gasteiger partial charge in [-0.1, -0.05) is 99.8 Å². The Balaban J connectivity index is 2.00. The van der Waals surface area contributed by atoms with Crippen molar-refractivity contribution < 1.29 is 0 Å². The lowest BCUT2D eigenvalue weighted by molar-refractivity contribution is 0.239. The number of hydrogen-bond donors (Lipinski definition) is 3. The van der Waals surface area contributed by atoms with E-state index in [1.807, 2.05) is 37.4 Å². The van der Waals surface area contributed by atoms with Gasteiger partial charge in [0.2, 0.25) is 0 Å². The highest BCUT2D eigenvalue weighted by Gasteiger charge is 2.28. The van der Waals surface area contributed by atoms with Crippen LogP contribution in [0.1, 0.15) is 50.7 Å². The van der Waals surface area contributed by atoms with Crippen molar-refractivity contribution in [3.05, 3.63) is 131 Å². The monoisotopic (exact) mass is 610 g/mol. The molecule has 0 saturated heterocycles. The largest absolute Gasteiger partial charge is 0.388 e. The van der Waals surface area contributed by atoms with Crippen molar-refractivity contribution in [1.29, 1.82) is 5.41 Å². The minimum Gasteiger partial charge on any atom is -0.388 e. The summed E-state index contributed by atoms with van der Waals surface area (Å²) in [6.45, 7) is 19.4. The van der Waals surface area contributed by atoms with Gasteiger partial charge in [0.15, 0.2) is 0 Å². The van der Waals surface area contributed by atoms with Gasteiger partial charge >= 0.3 is 0 Å². The van der Waals surface area contributed by atoms with Crippen LogP contribution in [0.2, 0.25) is 5.02 Å². The summed E-state index contributed by atoms with van der Waals surface area (Å²) in [5, 5.41) is 15.5. The highest BCUT2D eigenvalue weighted by atomic mass is 35.5. The number of hydrogen-bond acceptors (Lipinski definition) is 4. The van der Waals surface area contributed by atoms with E-state index in [9.17, 15) is 0 Å². The van der Waals surface area contributed by atoms with Gasteiger partial charge in [0.1, 0.15) is 0 Å². The Labute approximate surface area is 271 Å². The van der Waals surface area contributed by atoms with Crippen LogP contribution in [-0.4, -0.2) is 44.3 Å². The van der Waals surface area contributed by atoms with Crippen molar-refractivity contribution in [3.63, 3.8) is 0 Å². The predicted octanol–water partition coefficient (Wildman–Crippen LogP) is 9.50. The Morgan fingerprint density at radius 3 is 2.50 bits per heavy atom. The van der Waals surface area contributed by atoms with Crippen LogP contribution in [0.3, 0.4) is 0 Å². The summed E-state index contributed by atoms with van der Waals surface area (Å²) < 4.78 is 0. The van der Waals surface area contributed by atoms with Gasteiger partial charge in [0, 0.05) is 66.7 Å². The molecule has 0 aliphatic heterocycles. The van der Waals surface area contributed by atoms with Gasteiger partial charge in [-0.15, -0.1) is 0 Å². The molecule has 1 aliphatic rings. The molecule has 0 amide bonds. The first-order valence-corrected chi connectivity index (χ1v) is 16.2. The zero-order valence-corrected chi connectivity index (χ0v) is 27.9. The summed E-state index contributed by atoms with van der Waals surface area (Å²) in [4.78, 5) is 2.34. The molecule has 0 heterocycles. The van der Waals surface area contributed by atoms with Gasteiger partial charge in [0.25, 0.3) is 0 Å². The maximum absolute atomic E-state index is 8.01. The van der Waals surface area contributed by atoms with E-state index in [2.05, 4.69) is 98.7 Å². The quantitative estimate of drug-likeness (QED) is 0.0895. The third kappa shape index (κ3) is 9.20. The van der Waals surface area contributed by atoms with Crippen molar-refractivity contribution >= 4 is 29.1 Å². The molecule has 3 rings (SSSR count). The zero-order valence-electron chi connectivity index (χ0n) is 27.1. The highest BCUT2D eigenvalue weighted by Crippen LogP contribution is 2.37. The SMILES string of the molecule is C=C/C(C(=C)CC(C1C=CC(C(C=N)CNCCC)=CC1)N(C)C(=C)CC)=C(/Cc1ccccc1)c1cc(Cl)ccc1NC. The molecule has 3 N–H and O–H groups in total. The van der Waals surface area contributed by atoms with E-state index >= 15 is 0 Å². The van der Waals surface area contributed by atoms with Crippen molar-refractivity contribution in [2.45, 2.75) is 52.0 Å². The Bertz CT molecular complexity index is 1380. The first kappa shape index (κ1) is 34.9. The first-order chi connectivity index (χ1) is 21.3. The molecule has 3 atom stereocenters. The number of benzene rings is 2. The van der Waals surface area contributed by atoms with Gasteiger partial charge in [-0.2, -0.15) is 0 Å². The molecule has 0 aromatic heterocycles. The van der Waals surface area contributed by atoms with Crippen LogP contribution in [-0.2, 0) is 6.42 Å². The molecule has 5 heteroatoms. The third-order valence-electron chi connectivity index (χ3n) is 8.65. The number of nitrogens with zero attached hydrogens (tertiary/aromatic N) is 1. The van der Waals surface area contributed by atoms with Crippen LogP contribution in [0.25, 0.3) is 5.57 Å². The maximum Gasteiger partial charge on any atom is 0.0415 e. The van der Waals surface area contributed by atoms with E-state index in [0.29, 0.717) is 5.02 Å². The Kier molecular flexibility index (Phi) is 14.0. The summed E-state index contributed by atoms with van der Waals surface area (Å²) >= 11 is 6.56. The average molecular weight is 611 g/mol. The van der Waals surface area contributed by atoms with E-state index in [1.54, 1.807) is 6.21 Å². The normalized spacial score (nSPS) is 16.3. The fourth-order valence-electron chi connectivity index (χ4n) is 5.94. The number of anilines is 1. The van der Waals surface area contributed by atoms with Gasteiger partial charge in [-0.05, 0) is 84.7 Å². The fourth-order valence-corrected chi connectivity index (χ4v) is 6.12. The molecular weight excluding hydrogens is 560 g/mol. The summed E-state index contributed by atoms with van der Waals surface area (Å²) in [7, 11) is 4.10. The second-order valence-electron chi connectivity index (χ2n) is 11.5. The molecule has 0 spiro atoms. The van der Waals surface area contributed by atoms with Crippen molar-refractivity contribution in [1.82, 2.24) is 10.2 Å². The predicted molar refractivity (Wildman–Crippen MR) is 194 cm³/mol. The van der Waals surface area contributed by atoms with E-state index in [0.717, 1.165) is 78.9 Å². The maximum atomic E-state index is 8.01. The second-order valence-corrected chi connectivity index (χ2v) is 12.0. The molecule has 4 nitrogen and oxygen atoms in total. The van der Waals surface area contributed by atoms with Crippen molar-refractivity contribution in [2.75, 3.05) is 32.5 Å². The summed E-state index contributed by atoms with van der Waals surface area (Å²) in [6.07, 6.45) is 14.8. The third-order valence-corrected chi connectivity index (χ3v) is 8.88. The summed E-state index contributed by atoms with van der Waals surface area (Å²) in [5.41, 5.74) is 8.85. The van der Waals surface area contributed by atoms with Crippen LogP contribution in [0.5, 0.6) is 0 Å². The Morgan fingerprint density at radius 2 is 1.91 bits per heavy atom. The lowest BCUT2D eigenvalue weighted by Crippen LogP contribution is -2.37.